The lowest BCUT2D eigenvalue weighted by molar-refractivity contribution is 0.112. The normalized spacial score (nSPS) is 11.0. The Morgan fingerprint density at radius 3 is 2.65 bits per heavy atom. The van der Waals surface area contributed by atoms with E-state index in [4.69, 9.17) is 0 Å². The zero-order chi connectivity index (χ0) is 13.8. The molecule has 0 spiro atoms. The van der Waals surface area contributed by atoms with Gasteiger partial charge < -0.3 is 0 Å². The highest BCUT2D eigenvalue weighted by molar-refractivity contribution is 6.00. The molecule has 0 radical (unpaired) electrons. The first-order valence-electron chi connectivity index (χ1n) is 6.17. The third kappa shape index (κ3) is 2.31. The van der Waals surface area contributed by atoms with Gasteiger partial charge in [0, 0.05) is 17.1 Å². The predicted octanol–water partition coefficient (Wildman–Crippen LogP) is 4.46. The molecule has 0 N–H and O–H groups in total. The smallest absolute Gasteiger partial charge is 0.152 e. The minimum Gasteiger partial charge on any atom is -0.298 e. The van der Waals surface area contributed by atoms with Crippen LogP contribution in [0.3, 0.4) is 0 Å². The number of benzene rings is 2. The standard InChI is InChI=1S/C16H11N3O/c20-11-13-8-7-12-4-1-2-6-15(12)16(13)19-18-14-5-3-9-17-10-14/h1-11H. The van der Waals surface area contributed by atoms with E-state index in [2.05, 4.69) is 15.2 Å². The molecule has 0 unspecified atom stereocenters. The van der Waals surface area contributed by atoms with Gasteiger partial charge in [-0.3, -0.25) is 9.78 Å². The van der Waals surface area contributed by atoms with Gasteiger partial charge in [-0.1, -0.05) is 30.3 Å². The van der Waals surface area contributed by atoms with E-state index in [-0.39, 0.29) is 0 Å². The largest absolute Gasteiger partial charge is 0.298 e. The van der Waals surface area contributed by atoms with Gasteiger partial charge in [0.05, 0.1) is 6.20 Å². The first-order chi connectivity index (χ1) is 9.88. The van der Waals surface area contributed by atoms with E-state index >= 15 is 0 Å². The average Bonchev–Trinajstić information content (AvgIpc) is 2.53. The summed E-state index contributed by atoms with van der Waals surface area (Å²) in [6, 6.07) is 15.0. The third-order valence-corrected chi connectivity index (χ3v) is 2.97. The SMILES string of the molecule is O=Cc1ccc2ccccc2c1N=Nc1cccnc1. The summed E-state index contributed by atoms with van der Waals surface area (Å²) >= 11 is 0. The molecular formula is C16H11N3O. The number of carbonyl (C=O) groups excluding carboxylic acids is 1. The highest BCUT2D eigenvalue weighted by Crippen LogP contribution is 2.30. The Labute approximate surface area is 115 Å². The Bertz CT molecular complexity index is 782. The van der Waals surface area contributed by atoms with Crippen LogP contribution >= 0.6 is 0 Å². The molecule has 4 heteroatoms. The molecule has 4 nitrogen and oxygen atoms in total. The van der Waals surface area contributed by atoms with Crippen molar-refractivity contribution in [1.82, 2.24) is 4.98 Å². The molecule has 0 aliphatic carbocycles. The van der Waals surface area contributed by atoms with Crippen LogP contribution in [0.2, 0.25) is 0 Å². The molecule has 3 aromatic rings. The fraction of sp³-hybridized carbons (Fsp3) is 0. The van der Waals surface area contributed by atoms with Crippen molar-refractivity contribution in [3.8, 4) is 0 Å². The van der Waals surface area contributed by atoms with Gasteiger partial charge in [0.15, 0.2) is 6.29 Å². The summed E-state index contributed by atoms with van der Waals surface area (Å²) < 4.78 is 0. The van der Waals surface area contributed by atoms with Crippen LogP contribution in [-0.4, -0.2) is 11.3 Å². The molecule has 96 valence electrons. The Hall–Kier alpha value is -2.88. The summed E-state index contributed by atoms with van der Waals surface area (Å²) in [7, 11) is 0. The van der Waals surface area contributed by atoms with Crippen LogP contribution in [0.1, 0.15) is 10.4 Å². The Morgan fingerprint density at radius 1 is 0.950 bits per heavy atom. The molecule has 2 aromatic carbocycles. The van der Waals surface area contributed by atoms with Crippen molar-refractivity contribution >= 4 is 28.4 Å². The summed E-state index contributed by atoms with van der Waals surface area (Å²) in [5.41, 5.74) is 1.76. The van der Waals surface area contributed by atoms with E-state index in [1.807, 2.05) is 36.4 Å². The highest BCUT2D eigenvalue weighted by atomic mass is 16.1. The monoisotopic (exact) mass is 261 g/mol. The van der Waals surface area contributed by atoms with Gasteiger partial charge in [0.25, 0.3) is 0 Å². The maximum absolute atomic E-state index is 11.2. The Balaban J connectivity index is 2.14. The predicted molar refractivity (Wildman–Crippen MR) is 77.7 cm³/mol. The number of pyridine rings is 1. The second kappa shape index (κ2) is 5.40. The average molecular weight is 261 g/mol. The van der Waals surface area contributed by atoms with Gasteiger partial charge in [-0.25, -0.2) is 0 Å². The summed E-state index contributed by atoms with van der Waals surface area (Å²) in [6.45, 7) is 0. The van der Waals surface area contributed by atoms with Crippen LogP contribution in [-0.2, 0) is 0 Å². The zero-order valence-electron chi connectivity index (χ0n) is 10.6. The molecule has 1 heterocycles. The van der Waals surface area contributed by atoms with Gasteiger partial charge in [-0.05, 0) is 23.6 Å². The Kier molecular flexibility index (Phi) is 3.29. The maximum atomic E-state index is 11.2. The van der Waals surface area contributed by atoms with Crippen LogP contribution in [0, 0.1) is 0 Å². The lowest BCUT2D eigenvalue weighted by atomic mass is 10.1. The van der Waals surface area contributed by atoms with E-state index in [9.17, 15) is 4.79 Å². The van der Waals surface area contributed by atoms with Crippen molar-refractivity contribution in [1.29, 1.82) is 0 Å². The van der Waals surface area contributed by atoms with Gasteiger partial charge in [-0.2, -0.15) is 0 Å². The minimum absolute atomic E-state index is 0.524. The van der Waals surface area contributed by atoms with Gasteiger partial charge >= 0.3 is 0 Å². The van der Waals surface area contributed by atoms with Gasteiger partial charge in [0.2, 0.25) is 0 Å². The molecule has 0 fully saturated rings. The van der Waals surface area contributed by atoms with Crippen molar-refractivity contribution in [2.75, 3.05) is 0 Å². The van der Waals surface area contributed by atoms with Crippen LogP contribution in [0.15, 0.2) is 71.2 Å². The zero-order valence-corrected chi connectivity index (χ0v) is 10.6. The van der Waals surface area contributed by atoms with E-state index in [1.165, 1.54) is 0 Å². The summed E-state index contributed by atoms with van der Waals surface area (Å²) in [5, 5.41) is 10.3. The molecule has 20 heavy (non-hydrogen) atoms. The first kappa shape index (κ1) is 12.2. The second-order valence-corrected chi connectivity index (χ2v) is 4.25. The maximum Gasteiger partial charge on any atom is 0.152 e. The number of fused-ring (bicyclic) bond motifs is 1. The van der Waals surface area contributed by atoms with Gasteiger partial charge in [0.1, 0.15) is 11.4 Å². The first-order valence-corrected chi connectivity index (χ1v) is 6.17. The number of hydrogen-bond donors (Lipinski definition) is 0. The van der Waals surface area contributed by atoms with Crippen molar-refractivity contribution in [2.45, 2.75) is 0 Å². The number of hydrogen-bond acceptors (Lipinski definition) is 4. The lowest BCUT2D eigenvalue weighted by Gasteiger charge is -2.03. The molecule has 3 rings (SSSR count). The van der Waals surface area contributed by atoms with Crippen molar-refractivity contribution in [3.05, 3.63) is 66.5 Å². The van der Waals surface area contributed by atoms with E-state index in [1.54, 1.807) is 24.5 Å². The van der Waals surface area contributed by atoms with Crippen LogP contribution < -0.4 is 0 Å². The molecule has 1 aromatic heterocycles. The van der Waals surface area contributed by atoms with Crippen molar-refractivity contribution < 1.29 is 4.79 Å². The van der Waals surface area contributed by atoms with Gasteiger partial charge in [-0.15, -0.1) is 10.2 Å². The number of aldehydes is 1. The van der Waals surface area contributed by atoms with Crippen LogP contribution in [0.4, 0.5) is 11.4 Å². The molecule has 0 atom stereocenters. The number of carbonyl (C=O) groups is 1. The molecule has 0 saturated heterocycles. The molecular weight excluding hydrogens is 250 g/mol. The Morgan fingerprint density at radius 2 is 1.85 bits per heavy atom. The molecule has 0 bridgehead atoms. The number of aromatic nitrogens is 1. The second-order valence-electron chi connectivity index (χ2n) is 4.25. The molecule has 0 aliphatic rings. The highest BCUT2D eigenvalue weighted by Gasteiger charge is 2.06. The quantitative estimate of drug-likeness (QED) is 0.516. The van der Waals surface area contributed by atoms with Crippen molar-refractivity contribution in [2.24, 2.45) is 10.2 Å². The fourth-order valence-corrected chi connectivity index (χ4v) is 2.00. The fourth-order valence-electron chi connectivity index (χ4n) is 2.00. The van der Waals surface area contributed by atoms with Crippen LogP contribution in [0.25, 0.3) is 10.8 Å². The summed E-state index contributed by atoms with van der Waals surface area (Å²) in [6.07, 6.45) is 4.09. The van der Waals surface area contributed by atoms with Crippen molar-refractivity contribution in [3.63, 3.8) is 0 Å². The van der Waals surface area contributed by atoms with E-state index < -0.39 is 0 Å². The number of nitrogens with zero attached hydrogens (tertiary/aromatic N) is 3. The molecule has 0 amide bonds. The van der Waals surface area contributed by atoms with E-state index in [0.717, 1.165) is 17.1 Å². The lowest BCUT2D eigenvalue weighted by Crippen LogP contribution is -1.83. The van der Waals surface area contributed by atoms with E-state index in [0.29, 0.717) is 16.9 Å². The molecule has 0 saturated carbocycles. The summed E-state index contributed by atoms with van der Waals surface area (Å²) in [4.78, 5) is 15.1. The summed E-state index contributed by atoms with van der Waals surface area (Å²) in [5.74, 6) is 0. The molecule has 0 aliphatic heterocycles. The van der Waals surface area contributed by atoms with Crippen LogP contribution in [0.5, 0.6) is 0 Å². The topological polar surface area (TPSA) is 54.7 Å². The number of rotatable bonds is 3. The third-order valence-electron chi connectivity index (χ3n) is 2.97. The minimum atomic E-state index is 0.524. The number of azo groups is 1.